The van der Waals surface area contributed by atoms with Gasteiger partial charge in [0.1, 0.15) is 5.70 Å². The molecule has 0 aliphatic carbocycles. The van der Waals surface area contributed by atoms with Crippen LogP contribution in [0.25, 0.3) is 0 Å². The maximum atomic E-state index is 11.9. The summed E-state index contributed by atoms with van der Waals surface area (Å²) in [5, 5.41) is 20.3. The van der Waals surface area contributed by atoms with E-state index in [9.17, 15) is 14.4 Å². The van der Waals surface area contributed by atoms with Crippen molar-refractivity contribution in [2.45, 2.75) is 0 Å². The minimum absolute atomic E-state index is 0.0582. The monoisotopic (exact) mass is 276 g/mol. The quantitative estimate of drug-likeness (QED) is 0.656. The fraction of sp³-hybridized carbons (Fsp3) is 0.154. The number of hydrogen-bond acceptors (Lipinski definition) is 5. The number of aliphatic hydroxyl groups excluding tert-OH is 1. The summed E-state index contributed by atoms with van der Waals surface area (Å²) >= 11 is 0. The lowest BCUT2D eigenvalue weighted by molar-refractivity contribution is -0.137. The van der Waals surface area contributed by atoms with Crippen molar-refractivity contribution in [2.75, 3.05) is 18.5 Å². The van der Waals surface area contributed by atoms with Crippen LogP contribution in [0, 0.1) is 0 Å². The van der Waals surface area contributed by atoms with Gasteiger partial charge in [-0.1, -0.05) is 0 Å². The molecule has 7 nitrogen and oxygen atoms in total. The third kappa shape index (κ3) is 2.67. The zero-order chi connectivity index (χ0) is 14.7. The molecule has 104 valence electrons. The Labute approximate surface area is 114 Å². The second kappa shape index (κ2) is 5.54. The molecule has 20 heavy (non-hydrogen) atoms. The van der Waals surface area contributed by atoms with Crippen LogP contribution in [-0.2, 0) is 9.59 Å². The van der Waals surface area contributed by atoms with Crippen LogP contribution in [0.5, 0.6) is 0 Å². The first-order valence-corrected chi connectivity index (χ1v) is 5.81. The van der Waals surface area contributed by atoms with E-state index in [0.717, 1.165) is 11.0 Å². The van der Waals surface area contributed by atoms with Gasteiger partial charge in [0, 0.05) is 11.8 Å². The molecule has 0 aromatic heterocycles. The number of hydrogen-bond donors (Lipinski definition) is 3. The number of aromatic carboxylic acids is 1. The summed E-state index contributed by atoms with van der Waals surface area (Å²) in [6, 6.07) is 5.77. The molecule has 0 atom stereocenters. The normalized spacial score (nSPS) is 14.4. The number of nitrogens with zero attached hydrogens (tertiary/aromatic N) is 1. The van der Waals surface area contributed by atoms with Crippen molar-refractivity contribution >= 4 is 23.5 Å². The van der Waals surface area contributed by atoms with Crippen LogP contribution in [0.15, 0.2) is 36.0 Å². The number of carbonyl (C=O) groups is 3. The molecular formula is C13H12N2O5. The Balaban J connectivity index is 2.11. The lowest BCUT2D eigenvalue weighted by Crippen LogP contribution is -2.34. The number of carboxylic acid groups (broad SMARTS) is 1. The van der Waals surface area contributed by atoms with Gasteiger partial charge in [-0.3, -0.25) is 14.5 Å². The highest BCUT2D eigenvalue weighted by Crippen LogP contribution is 2.17. The third-order valence-corrected chi connectivity index (χ3v) is 2.74. The molecule has 0 bridgehead atoms. The standard InChI is InChI=1S/C13H12N2O5/c16-6-5-15-11(17)7-10(12(15)18)14-9-3-1-8(2-4-9)13(19)20/h1-4,7,14,16H,5-6H2,(H,19,20). The second-order valence-corrected chi connectivity index (χ2v) is 4.08. The number of carboxylic acids is 1. The summed E-state index contributed by atoms with van der Waals surface area (Å²) in [7, 11) is 0. The molecule has 7 heteroatoms. The maximum Gasteiger partial charge on any atom is 0.335 e. The predicted octanol–water partition coefficient (Wildman–Crippen LogP) is 0.0417. The van der Waals surface area contributed by atoms with Crippen LogP contribution in [0.2, 0.25) is 0 Å². The van der Waals surface area contributed by atoms with E-state index in [0.29, 0.717) is 5.69 Å². The number of anilines is 1. The number of β-amino-alcohol motifs (C(OH)–C–C–N with tert-alkyl or cyclic N) is 1. The van der Waals surface area contributed by atoms with E-state index in [1.807, 2.05) is 0 Å². The van der Waals surface area contributed by atoms with Crippen molar-refractivity contribution in [3.63, 3.8) is 0 Å². The first-order valence-electron chi connectivity index (χ1n) is 5.81. The highest BCUT2D eigenvalue weighted by molar-refractivity contribution is 6.17. The molecule has 1 aliphatic rings. The average Bonchev–Trinajstić information content (AvgIpc) is 2.67. The molecule has 3 N–H and O–H groups in total. The third-order valence-electron chi connectivity index (χ3n) is 2.74. The highest BCUT2D eigenvalue weighted by atomic mass is 16.4. The molecule has 0 saturated carbocycles. The van der Waals surface area contributed by atoms with Gasteiger partial charge in [-0.25, -0.2) is 4.79 Å². The number of nitrogens with one attached hydrogen (secondary N) is 1. The summed E-state index contributed by atoms with van der Waals surface area (Å²) < 4.78 is 0. The van der Waals surface area contributed by atoms with Gasteiger partial charge in [-0.15, -0.1) is 0 Å². The fourth-order valence-corrected chi connectivity index (χ4v) is 1.76. The van der Waals surface area contributed by atoms with Gasteiger partial charge in [0.2, 0.25) is 0 Å². The van der Waals surface area contributed by atoms with Crippen LogP contribution in [0.4, 0.5) is 5.69 Å². The SMILES string of the molecule is O=C(O)c1ccc(NC2=CC(=O)N(CCO)C2=O)cc1. The van der Waals surface area contributed by atoms with E-state index in [-0.39, 0.29) is 24.4 Å². The summed E-state index contributed by atoms with van der Waals surface area (Å²) in [5.41, 5.74) is 0.708. The number of benzene rings is 1. The van der Waals surface area contributed by atoms with Gasteiger partial charge in [0.05, 0.1) is 18.7 Å². The molecule has 0 spiro atoms. The van der Waals surface area contributed by atoms with Crippen molar-refractivity contribution in [1.29, 1.82) is 0 Å². The topological polar surface area (TPSA) is 107 Å². The van der Waals surface area contributed by atoms with Crippen LogP contribution in [-0.4, -0.2) is 46.0 Å². The van der Waals surface area contributed by atoms with E-state index in [2.05, 4.69) is 5.32 Å². The van der Waals surface area contributed by atoms with Gasteiger partial charge in [-0.05, 0) is 24.3 Å². The largest absolute Gasteiger partial charge is 0.478 e. The lowest BCUT2D eigenvalue weighted by atomic mass is 10.2. The number of amides is 2. The molecule has 0 fully saturated rings. The van der Waals surface area contributed by atoms with Crippen molar-refractivity contribution in [3.05, 3.63) is 41.6 Å². The summed E-state index contributed by atoms with van der Waals surface area (Å²) in [6.07, 6.45) is 1.14. The number of rotatable bonds is 5. The molecule has 0 saturated heterocycles. The molecule has 0 radical (unpaired) electrons. The molecule has 1 aliphatic heterocycles. The molecule has 1 aromatic rings. The summed E-state index contributed by atoms with van der Waals surface area (Å²) in [5.74, 6) is -2.06. The van der Waals surface area contributed by atoms with E-state index in [1.54, 1.807) is 0 Å². The average molecular weight is 276 g/mol. The second-order valence-electron chi connectivity index (χ2n) is 4.08. The number of aliphatic hydroxyl groups is 1. The minimum atomic E-state index is -1.04. The molecule has 2 rings (SSSR count). The molecule has 1 heterocycles. The summed E-state index contributed by atoms with van der Waals surface area (Å²) in [6.45, 7) is -0.358. The van der Waals surface area contributed by atoms with E-state index < -0.39 is 17.8 Å². The maximum absolute atomic E-state index is 11.9. The van der Waals surface area contributed by atoms with Crippen molar-refractivity contribution in [3.8, 4) is 0 Å². The summed E-state index contributed by atoms with van der Waals surface area (Å²) in [4.78, 5) is 35.0. The van der Waals surface area contributed by atoms with Crippen LogP contribution in [0.3, 0.4) is 0 Å². The van der Waals surface area contributed by atoms with Crippen molar-refractivity contribution in [1.82, 2.24) is 4.90 Å². The Morgan fingerprint density at radius 3 is 2.40 bits per heavy atom. The van der Waals surface area contributed by atoms with Gasteiger partial charge < -0.3 is 15.5 Å². The van der Waals surface area contributed by atoms with Crippen LogP contribution in [0.1, 0.15) is 10.4 Å². The lowest BCUT2D eigenvalue weighted by Gasteiger charge is -2.13. The van der Waals surface area contributed by atoms with Gasteiger partial charge in [0.15, 0.2) is 0 Å². The Morgan fingerprint density at radius 1 is 1.20 bits per heavy atom. The highest BCUT2D eigenvalue weighted by Gasteiger charge is 2.30. The Morgan fingerprint density at radius 2 is 1.85 bits per heavy atom. The molecular weight excluding hydrogens is 264 g/mol. The Kier molecular flexibility index (Phi) is 3.81. The zero-order valence-electron chi connectivity index (χ0n) is 10.4. The Hall–Kier alpha value is -2.67. The van der Waals surface area contributed by atoms with Gasteiger partial charge in [0.25, 0.3) is 11.8 Å². The minimum Gasteiger partial charge on any atom is -0.478 e. The number of carbonyl (C=O) groups excluding carboxylic acids is 2. The predicted molar refractivity (Wildman–Crippen MR) is 68.9 cm³/mol. The van der Waals surface area contributed by atoms with E-state index in [1.165, 1.54) is 24.3 Å². The fourth-order valence-electron chi connectivity index (χ4n) is 1.76. The smallest absolute Gasteiger partial charge is 0.335 e. The first kappa shape index (κ1) is 13.8. The van der Waals surface area contributed by atoms with Crippen LogP contribution < -0.4 is 5.32 Å². The van der Waals surface area contributed by atoms with Crippen molar-refractivity contribution in [2.24, 2.45) is 0 Å². The van der Waals surface area contributed by atoms with Crippen LogP contribution >= 0.6 is 0 Å². The zero-order valence-corrected chi connectivity index (χ0v) is 10.4. The first-order chi connectivity index (χ1) is 9.52. The molecule has 2 amide bonds. The Bertz CT molecular complexity index is 591. The van der Waals surface area contributed by atoms with Gasteiger partial charge >= 0.3 is 5.97 Å². The molecule has 0 unspecified atom stereocenters. The van der Waals surface area contributed by atoms with Crippen molar-refractivity contribution < 1.29 is 24.6 Å². The molecule has 1 aromatic carbocycles. The number of imide groups is 1. The van der Waals surface area contributed by atoms with Gasteiger partial charge in [-0.2, -0.15) is 0 Å². The van der Waals surface area contributed by atoms with E-state index in [4.69, 9.17) is 10.2 Å². The van der Waals surface area contributed by atoms with E-state index >= 15 is 0 Å².